The van der Waals surface area contributed by atoms with Crippen LogP contribution < -0.4 is 5.73 Å². The van der Waals surface area contributed by atoms with Gasteiger partial charge in [-0.1, -0.05) is 37.3 Å². The predicted molar refractivity (Wildman–Crippen MR) is 63.6 cm³/mol. The van der Waals surface area contributed by atoms with Crippen molar-refractivity contribution in [1.82, 2.24) is 0 Å². The Morgan fingerprint density at radius 2 is 1.93 bits per heavy atom. The van der Waals surface area contributed by atoms with Gasteiger partial charge in [-0.2, -0.15) is 0 Å². The molecule has 2 heteroatoms. The summed E-state index contributed by atoms with van der Waals surface area (Å²) in [5.41, 5.74) is 6.72. The molecule has 0 aliphatic carbocycles. The van der Waals surface area contributed by atoms with Crippen molar-refractivity contribution < 1.29 is 4.74 Å². The Morgan fingerprint density at radius 3 is 2.60 bits per heavy atom. The van der Waals surface area contributed by atoms with E-state index in [1.807, 2.05) is 18.2 Å². The molecule has 15 heavy (non-hydrogen) atoms. The summed E-state index contributed by atoms with van der Waals surface area (Å²) in [7, 11) is 0. The van der Waals surface area contributed by atoms with Gasteiger partial charge in [-0.05, 0) is 30.9 Å². The second-order valence-corrected chi connectivity index (χ2v) is 4.01. The molecule has 0 amide bonds. The first-order valence-corrected chi connectivity index (χ1v) is 5.64. The Morgan fingerprint density at radius 1 is 1.20 bits per heavy atom. The molecule has 0 bridgehead atoms. The van der Waals surface area contributed by atoms with E-state index in [2.05, 4.69) is 19.1 Å². The minimum atomic E-state index is 0.672. The third-order valence-corrected chi connectivity index (χ3v) is 2.53. The minimum Gasteiger partial charge on any atom is -0.377 e. The molecule has 0 heterocycles. The maximum absolute atomic E-state index is 5.60. The molecule has 2 N–H and O–H groups in total. The lowest BCUT2D eigenvalue weighted by molar-refractivity contribution is 0.108. The summed E-state index contributed by atoms with van der Waals surface area (Å²) < 4.78 is 5.60. The molecular weight excluding hydrogens is 186 g/mol. The van der Waals surface area contributed by atoms with E-state index in [9.17, 15) is 0 Å². The topological polar surface area (TPSA) is 35.2 Å². The molecule has 0 saturated heterocycles. The van der Waals surface area contributed by atoms with Crippen LogP contribution in [0.1, 0.15) is 25.3 Å². The third kappa shape index (κ3) is 5.55. The van der Waals surface area contributed by atoms with E-state index in [-0.39, 0.29) is 0 Å². The lowest BCUT2D eigenvalue weighted by atomic mass is 10.1. The molecule has 1 rings (SSSR count). The zero-order valence-electron chi connectivity index (χ0n) is 9.49. The molecule has 0 aliphatic rings. The first kappa shape index (κ1) is 12.2. The molecule has 1 atom stereocenters. The highest BCUT2D eigenvalue weighted by atomic mass is 16.5. The van der Waals surface area contributed by atoms with Gasteiger partial charge in [0.15, 0.2) is 0 Å². The van der Waals surface area contributed by atoms with E-state index in [1.165, 1.54) is 5.56 Å². The highest BCUT2D eigenvalue weighted by molar-refractivity contribution is 5.13. The average Bonchev–Trinajstić information content (AvgIpc) is 2.26. The molecule has 0 saturated carbocycles. The lowest BCUT2D eigenvalue weighted by Gasteiger charge is -2.10. The van der Waals surface area contributed by atoms with Gasteiger partial charge in [0.1, 0.15) is 0 Å². The minimum absolute atomic E-state index is 0.672. The van der Waals surface area contributed by atoms with Crippen molar-refractivity contribution >= 4 is 0 Å². The van der Waals surface area contributed by atoms with Gasteiger partial charge in [0.05, 0.1) is 6.61 Å². The molecule has 2 nitrogen and oxygen atoms in total. The summed E-state index contributed by atoms with van der Waals surface area (Å²) >= 11 is 0. The molecular formula is C13H21NO. The Kier molecular flexibility index (Phi) is 6.05. The van der Waals surface area contributed by atoms with Crippen molar-refractivity contribution in [3.63, 3.8) is 0 Å². The van der Waals surface area contributed by atoms with Gasteiger partial charge < -0.3 is 10.5 Å². The van der Waals surface area contributed by atoms with Crippen LogP contribution in [-0.4, -0.2) is 13.2 Å². The Balaban J connectivity index is 2.07. The fraction of sp³-hybridized carbons (Fsp3) is 0.538. The number of benzene rings is 1. The zero-order chi connectivity index (χ0) is 10.9. The number of hydrogen-bond acceptors (Lipinski definition) is 2. The van der Waals surface area contributed by atoms with Gasteiger partial charge >= 0.3 is 0 Å². The number of hydrogen-bond donors (Lipinski definition) is 1. The van der Waals surface area contributed by atoms with Crippen molar-refractivity contribution in [2.75, 3.05) is 13.2 Å². The monoisotopic (exact) mass is 207 g/mol. The lowest BCUT2D eigenvalue weighted by Crippen LogP contribution is -2.08. The van der Waals surface area contributed by atoms with Crippen molar-refractivity contribution in [2.24, 2.45) is 11.7 Å². The first-order chi connectivity index (χ1) is 7.33. The molecule has 1 unspecified atom stereocenters. The van der Waals surface area contributed by atoms with Crippen LogP contribution in [0.3, 0.4) is 0 Å². The normalized spacial score (nSPS) is 12.7. The molecule has 0 aliphatic heterocycles. The van der Waals surface area contributed by atoms with E-state index in [4.69, 9.17) is 10.5 Å². The van der Waals surface area contributed by atoms with Gasteiger partial charge in [-0.25, -0.2) is 0 Å². The molecule has 0 fully saturated rings. The van der Waals surface area contributed by atoms with Crippen molar-refractivity contribution in [2.45, 2.75) is 26.4 Å². The molecule has 0 aromatic heterocycles. The van der Waals surface area contributed by atoms with Crippen LogP contribution in [0.5, 0.6) is 0 Å². The summed E-state index contributed by atoms with van der Waals surface area (Å²) in [6, 6.07) is 10.3. The van der Waals surface area contributed by atoms with Crippen LogP contribution in [0.15, 0.2) is 30.3 Å². The Bertz CT molecular complexity index is 248. The summed E-state index contributed by atoms with van der Waals surface area (Å²) in [6.07, 6.45) is 2.19. The fourth-order valence-corrected chi connectivity index (χ4v) is 1.48. The number of rotatable bonds is 7. The van der Waals surface area contributed by atoms with Crippen LogP contribution in [-0.2, 0) is 11.3 Å². The summed E-state index contributed by atoms with van der Waals surface area (Å²) in [6.45, 7) is 4.55. The predicted octanol–water partition coefficient (Wildman–Crippen LogP) is 2.58. The van der Waals surface area contributed by atoms with Crippen molar-refractivity contribution in [3.05, 3.63) is 35.9 Å². The standard InChI is InChI=1S/C13H21NO/c1-12(7-9-14)8-10-15-11-13-5-3-2-4-6-13/h2-6,12H,7-11,14H2,1H3. The molecule has 1 aromatic rings. The summed E-state index contributed by atoms with van der Waals surface area (Å²) in [5, 5.41) is 0. The van der Waals surface area contributed by atoms with Crippen LogP contribution in [0.4, 0.5) is 0 Å². The van der Waals surface area contributed by atoms with Crippen molar-refractivity contribution in [3.8, 4) is 0 Å². The van der Waals surface area contributed by atoms with E-state index >= 15 is 0 Å². The molecule has 84 valence electrons. The van der Waals surface area contributed by atoms with Crippen LogP contribution in [0, 0.1) is 5.92 Å². The molecule has 0 radical (unpaired) electrons. The van der Waals surface area contributed by atoms with Gasteiger partial charge in [0.25, 0.3) is 0 Å². The van der Waals surface area contributed by atoms with E-state index in [0.29, 0.717) is 5.92 Å². The quantitative estimate of drug-likeness (QED) is 0.697. The Labute approximate surface area is 92.4 Å². The summed E-state index contributed by atoms with van der Waals surface area (Å²) in [5.74, 6) is 0.672. The van der Waals surface area contributed by atoms with Gasteiger partial charge in [-0.3, -0.25) is 0 Å². The average molecular weight is 207 g/mol. The van der Waals surface area contributed by atoms with Crippen LogP contribution in [0.25, 0.3) is 0 Å². The molecule has 0 spiro atoms. The number of ether oxygens (including phenoxy) is 1. The highest BCUT2D eigenvalue weighted by Crippen LogP contribution is 2.07. The Hall–Kier alpha value is -0.860. The third-order valence-electron chi connectivity index (χ3n) is 2.53. The maximum Gasteiger partial charge on any atom is 0.0716 e. The second kappa shape index (κ2) is 7.43. The SMILES string of the molecule is CC(CCN)CCOCc1ccccc1. The van der Waals surface area contributed by atoms with Gasteiger partial charge in [-0.15, -0.1) is 0 Å². The van der Waals surface area contributed by atoms with Gasteiger partial charge in [0, 0.05) is 6.61 Å². The highest BCUT2D eigenvalue weighted by Gasteiger charge is 2.00. The van der Waals surface area contributed by atoms with E-state index < -0.39 is 0 Å². The smallest absolute Gasteiger partial charge is 0.0716 e. The zero-order valence-corrected chi connectivity index (χ0v) is 9.49. The van der Waals surface area contributed by atoms with Crippen LogP contribution in [0.2, 0.25) is 0 Å². The fourth-order valence-electron chi connectivity index (χ4n) is 1.48. The second-order valence-electron chi connectivity index (χ2n) is 4.01. The number of nitrogens with two attached hydrogens (primary N) is 1. The largest absolute Gasteiger partial charge is 0.377 e. The van der Waals surface area contributed by atoms with Gasteiger partial charge in [0.2, 0.25) is 0 Å². The molecule has 1 aromatic carbocycles. The first-order valence-electron chi connectivity index (χ1n) is 5.64. The van der Waals surface area contributed by atoms with E-state index in [0.717, 1.165) is 32.6 Å². The maximum atomic E-state index is 5.60. The summed E-state index contributed by atoms with van der Waals surface area (Å²) in [4.78, 5) is 0. The van der Waals surface area contributed by atoms with Crippen LogP contribution >= 0.6 is 0 Å². The van der Waals surface area contributed by atoms with E-state index in [1.54, 1.807) is 0 Å². The van der Waals surface area contributed by atoms with Crippen molar-refractivity contribution in [1.29, 1.82) is 0 Å².